The summed E-state index contributed by atoms with van der Waals surface area (Å²) in [7, 11) is 0. The van der Waals surface area contributed by atoms with E-state index in [1.807, 2.05) is 18.4 Å². The van der Waals surface area contributed by atoms with Crippen LogP contribution in [-0.2, 0) is 0 Å². The molecule has 2 heteroatoms. The molecule has 0 amide bonds. The molecule has 0 spiro atoms. The minimum Gasteiger partial charge on any atom is -0.383 e. The quantitative estimate of drug-likeness (QED) is 0.536. The van der Waals surface area contributed by atoms with Gasteiger partial charge in [0.1, 0.15) is 0 Å². The number of hydrogen-bond acceptors (Lipinski definition) is 2. The van der Waals surface area contributed by atoms with Gasteiger partial charge in [-0.15, -0.1) is 0 Å². The summed E-state index contributed by atoms with van der Waals surface area (Å²) in [4.78, 5) is 3.76. The van der Waals surface area contributed by atoms with Crippen LogP contribution in [0, 0.1) is 0 Å². The van der Waals surface area contributed by atoms with Crippen molar-refractivity contribution in [3.8, 4) is 0 Å². The number of dihydropyridines is 1. The second kappa shape index (κ2) is 3.07. The Bertz CT molecular complexity index is 145. The molecule has 0 radical (unpaired) electrons. The molecule has 0 aromatic heterocycles. The molecule has 1 aliphatic heterocycles. The van der Waals surface area contributed by atoms with E-state index in [2.05, 4.69) is 23.1 Å². The number of hydrogen-bond donors (Lipinski definition) is 1. The normalized spacial score (nSPS) is 23.3. The van der Waals surface area contributed by atoms with E-state index >= 15 is 0 Å². The largest absolute Gasteiger partial charge is 0.383 e. The smallest absolute Gasteiger partial charge is 0.0637 e. The van der Waals surface area contributed by atoms with Crippen LogP contribution in [0.15, 0.2) is 29.4 Å². The van der Waals surface area contributed by atoms with E-state index in [1.54, 1.807) is 0 Å². The number of nitrogens with zero attached hydrogens (tertiary/aromatic N) is 1. The van der Waals surface area contributed by atoms with Crippen molar-refractivity contribution in [3.05, 3.63) is 24.4 Å². The fraction of sp³-hybridized carbons (Fsp3) is 0.286. The molecule has 2 nitrogen and oxygen atoms in total. The first-order valence-corrected chi connectivity index (χ1v) is 2.95. The first-order valence-electron chi connectivity index (χ1n) is 2.95. The van der Waals surface area contributed by atoms with Crippen molar-refractivity contribution in [3.63, 3.8) is 0 Å². The van der Waals surface area contributed by atoms with Crippen molar-refractivity contribution in [2.75, 3.05) is 6.54 Å². The van der Waals surface area contributed by atoms with Crippen molar-refractivity contribution in [1.29, 1.82) is 0 Å². The van der Waals surface area contributed by atoms with Crippen molar-refractivity contribution in [2.24, 2.45) is 4.99 Å². The molecule has 0 aromatic rings. The Labute approximate surface area is 55.0 Å². The van der Waals surface area contributed by atoms with Gasteiger partial charge in [0.15, 0.2) is 0 Å². The Hall–Kier alpha value is -1.05. The first kappa shape index (κ1) is 6.08. The van der Waals surface area contributed by atoms with Crippen LogP contribution in [0.3, 0.4) is 0 Å². The van der Waals surface area contributed by atoms with E-state index in [9.17, 15) is 0 Å². The molecule has 1 N–H and O–H groups in total. The second-order valence-corrected chi connectivity index (χ2v) is 1.92. The van der Waals surface area contributed by atoms with Crippen LogP contribution < -0.4 is 5.32 Å². The molecule has 1 rings (SSSR count). The molecule has 1 atom stereocenters. The summed E-state index contributed by atoms with van der Waals surface area (Å²) in [5.41, 5.74) is 0. The third-order valence-corrected chi connectivity index (χ3v) is 1.19. The Kier molecular flexibility index (Phi) is 2.07. The van der Waals surface area contributed by atoms with E-state index in [0.717, 1.165) is 6.54 Å². The second-order valence-electron chi connectivity index (χ2n) is 1.92. The fourth-order valence-electron chi connectivity index (χ4n) is 0.741. The molecule has 1 aliphatic rings. The molecule has 0 bridgehead atoms. The molecular weight excluding hydrogens is 112 g/mol. The van der Waals surface area contributed by atoms with Crippen molar-refractivity contribution < 1.29 is 0 Å². The lowest BCUT2D eigenvalue weighted by molar-refractivity contribution is 0.705. The Morgan fingerprint density at radius 2 is 2.44 bits per heavy atom. The van der Waals surface area contributed by atoms with Crippen LogP contribution in [0.4, 0.5) is 0 Å². The van der Waals surface area contributed by atoms with Crippen LogP contribution in [-0.4, -0.2) is 19.3 Å². The van der Waals surface area contributed by atoms with Crippen LogP contribution in [0.25, 0.3) is 0 Å². The molecule has 1 unspecified atom stereocenters. The van der Waals surface area contributed by atoms with Crippen LogP contribution >= 0.6 is 0 Å². The average molecular weight is 122 g/mol. The Morgan fingerprint density at radius 3 is 3.00 bits per heavy atom. The molecule has 0 saturated heterocycles. The lowest BCUT2D eigenvalue weighted by Crippen LogP contribution is -2.26. The van der Waals surface area contributed by atoms with Gasteiger partial charge in [0.2, 0.25) is 0 Å². The lowest BCUT2D eigenvalue weighted by Gasteiger charge is -2.11. The number of allylic oxidation sites excluding steroid dienone is 2. The minimum absolute atomic E-state index is 0.354. The van der Waals surface area contributed by atoms with Gasteiger partial charge in [-0.1, -0.05) is 12.2 Å². The maximum Gasteiger partial charge on any atom is 0.0637 e. The highest BCUT2D eigenvalue weighted by Crippen LogP contribution is 1.93. The first-order chi connectivity index (χ1) is 4.43. The third kappa shape index (κ3) is 1.72. The highest BCUT2D eigenvalue weighted by atomic mass is 14.9. The molecule has 0 fully saturated rings. The monoisotopic (exact) mass is 122 g/mol. The third-order valence-electron chi connectivity index (χ3n) is 1.19. The van der Waals surface area contributed by atoms with Crippen molar-refractivity contribution in [2.45, 2.75) is 6.04 Å². The van der Waals surface area contributed by atoms with Crippen LogP contribution in [0.2, 0.25) is 0 Å². The molecule has 0 saturated carbocycles. The van der Waals surface area contributed by atoms with Gasteiger partial charge < -0.3 is 5.32 Å². The highest BCUT2D eigenvalue weighted by molar-refractivity contribution is 5.24. The van der Waals surface area contributed by atoms with Gasteiger partial charge in [-0.2, -0.15) is 0 Å². The van der Waals surface area contributed by atoms with E-state index in [0.29, 0.717) is 6.04 Å². The molecular formula is C7H10N2. The zero-order chi connectivity index (χ0) is 6.53. The summed E-state index contributed by atoms with van der Waals surface area (Å²) in [6, 6.07) is 0.354. The fourth-order valence-corrected chi connectivity index (χ4v) is 0.741. The van der Waals surface area contributed by atoms with Gasteiger partial charge in [0.05, 0.1) is 12.6 Å². The summed E-state index contributed by atoms with van der Waals surface area (Å²) < 4.78 is 0. The zero-order valence-corrected chi connectivity index (χ0v) is 5.25. The van der Waals surface area contributed by atoms with Crippen LogP contribution in [0.1, 0.15) is 0 Å². The SMILES string of the molecule is C=NCC1C=CC=CN1. The molecule has 9 heavy (non-hydrogen) atoms. The molecule has 1 heterocycles. The summed E-state index contributed by atoms with van der Waals surface area (Å²) in [5.74, 6) is 0. The predicted molar refractivity (Wildman–Crippen MR) is 39.6 cm³/mol. The topological polar surface area (TPSA) is 24.4 Å². The lowest BCUT2D eigenvalue weighted by atomic mass is 10.2. The summed E-state index contributed by atoms with van der Waals surface area (Å²) in [6.07, 6.45) is 7.94. The van der Waals surface area contributed by atoms with Crippen molar-refractivity contribution >= 4 is 6.72 Å². The minimum atomic E-state index is 0.354. The van der Waals surface area contributed by atoms with Gasteiger partial charge in [0.25, 0.3) is 0 Å². The number of nitrogens with one attached hydrogen (secondary N) is 1. The van der Waals surface area contributed by atoms with E-state index in [-0.39, 0.29) is 0 Å². The summed E-state index contributed by atoms with van der Waals surface area (Å²) in [6.45, 7) is 4.16. The molecule has 0 aliphatic carbocycles. The van der Waals surface area contributed by atoms with Gasteiger partial charge in [0, 0.05) is 0 Å². The van der Waals surface area contributed by atoms with Crippen LogP contribution in [0.5, 0.6) is 0 Å². The van der Waals surface area contributed by atoms with Gasteiger partial charge >= 0.3 is 0 Å². The maximum atomic E-state index is 3.76. The van der Waals surface area contributed by atoms with E-state index in [4.69, 9.17) is 0 Å². The standard InChI is InChI=1S/C7H10N2/c1-8-6-7-4-2-3-5-9-7/h2-5,7,9H,1,6H2. The highest BCUT2D eigenvalue weighted by Gasteiger charge is 1.99. The Morgan fingerprint density at radius 1 is 1.56 bits per heavy atom. The molecule has 48 valence electrons. The molecule has 0 aromatic carbocycles. The number of rotatable bonds is 2. The summed E-state index contributed by atoms with van der Waals surface area (Å²) >= 11 is 0. The maximum absolute atomic E-state index is 3.76. The van der Waals surface area contributed by atoms with E-state index < -0.39 is 0 Å². The average Bonchev–Trinajstić information content (AvgIpc) is 1.91. The van der Waals surface area contributed by atoms with Gasteiger partial charge in [-0.05, 0) is 19.0 Å². The Balaban J connectivity index is 2.36. The summed E-state index contributed by atoms with van der Waals surface area (Å²) in [5, 5.41) is 3.12. The zero-order valence-electron chi connectivity index (χ0n) is 5.25. The van der Waals surface area contributed by atoms with E-state index in [1.165, 1.54) is 0 Å². The van der Waals surface area contributed by atoms with Gasteiger partial charge in [-0.3, -0.25) is 4.99 Å². The predicted octanol–water partition coefficient (Wildman–Crippen LogP) is 0.729. The van der Waals surface area contributed by atoms with Gasteiger partial charge in [-0.25, -0.2) is 0 Å². The van der Waals surface area contributed by atoms with Crippen molar-refractivity contribution in [1.82, 2.24) is 5.32 Å². The number of aliphatic imine (C=N–C) groups is 1.